The van der Waals surface area contributed by atoms with Crippen LogP contribution in [0.15, 0.2) is 71.6 Å². The van der Waals surface area contributed by atoms with Crippen LogP contribution in [0, 0.1) is 27.7 Å². The van der Waals surface area contributed by atoms with Crippen molar-refractivity contribution in [2.75, 3.05) is 0 Å². The second-order valence-electron chi connectivity index (χ2n) is 7.94. The smallest absolute Gasteiger partial charge is 0.241 e. The summed E-state index contributed by atoms with van der Waals surface area (Å²) in [5, 5.41) is 1.03. The monoisotopic (exact) mass is 418 g/mol. The minimum Gasteiger partial charge on any atom is -0.358 e. The number of H-pyrrole nitrogens is 1. The zero-order valence-corrected chi connectivity index (χ0v) is 18.5. The quantitative estimate of drug-likeness (QED) is 0.451. The lowest BCUT2D eigenvalue weighted by atomic mass is 9.95. The highest BCUT2D eigenvalue weighted by atomic mass is 32.2. The molecule has 154 valence electrons. The summed E-state index contributed by atoms with van der Waals surface area (Å²) < 4.78 is 29.6. The van der Waals surface area contributed by atoms with Crippen molar-refractivity contribution < 1.29 is 8.42 Å². The van der Waals surface area contributed by atoms with E-state index in [1.165, 1.54) is 0 Å². The van der Waals surface area contributed by atoms with E-state index in [1.54, 1.807) is 12.1 Å². The van der Waals surface area contributed by atoms with Crippen LogP contribution in [0.25, 0.3) is 10.9 Å². The molecule has 4 rings (SSSR count). The second kappa shape index (κ2) is 7.74. The largest absolute Gasteiger partial charge is 0.358 e. The molecule has 4 aromatic rings. The van der Waals surface area contributed by atoms with Gasteiger partial charge in [-0.15, -0.1) is 0 Å². The summed E-state index contributed by atoms with van der Waals surface area (Å²) in [4.78, 5) is 3.72. The fourth-order valence-corrected chi connectivity index (χ4v) is 5.17. The van der Waals surface area contributed by atoms with E-state index in [1.807, 2.05) is 69.3 Å². The SMILES string of the molecule is Cc1ccc(S(=O)(=O)NC(c2cccc(C)c2)c2c(C)[nH]c3c(C)cccc23)cc1. The fourth-order valence-electron chi connectivity index (χ4n) is 3.97. The van der Waals surface area contributed by atoms with Gasteiger partial charge in [0.2, 0.25) is 10.0 Å². The first-order valence-corrected chi connectivity index (χ1v) is 11.5. The molecule has 4 nitrogen and oxygen atoms in total. The highest BCUT2D eigenvalue weighted by Crippen LogP contribution is 2.34. The Labute approximate surface area is 178 Å². The fraction of sp³-hybridized carbons (Fsp3) is 0.200. The van der Waals surface area contributed by atoms with Crippen LogP contribution in [0.4, 0.5) is 0 Å². The zero-order chi connectivity index (χ0) is 21.5. The molecule has 2 N–H and O–H groups in total. The highest BCUT2D eigenvalue weighted by Gasteiger charge is 2.27. The molecule has 0 aliphatic heterocycles. The first-order valence-electron chi connectivity index (χ1n) is 9.99. The molecule has 1 aromatic heterocycles. The summed E-state index contributed by atoms with van der Waals surface area (Å²) >= 11 is 0. The van der Waals surface area contributed by atoms with Gasteiger partial charge in [0, 0.05) is 22.2 Å². The van der Waals surface area contributed by atoms with Gasteiger partial charge in [0.05, 0.1) is 10.9 Å². The maximum absolute atomic E-state index is 13.3. The first kappa shape index (κ1) is 20.4. The molecule has 0 saturated carbocycles. The molecule has 3 aromatic carbocycles. The molecule has 0 bridgehead atoms. The van der Waals surface area contributed by atoms with Crippen molar-refractivity contribution in [3.8, 4) is 0 Å². The van der Waals surface area contributed by atoms with Gasteiger partial charge in [0.1, 0.15) is 0 Å². The summed E-state index contributed by atoms with van der Waals surface area (Å²) in [6.07, 6.45) is 0. The van der Waals surface area contributed by atoms with E-state index < -0.39 is 16.1 Å². The summed E-state index contributed by atoms with van der Waals surface area (Å²) in [6, 6.07) is 20.5. The van der Waals surface area contributed by atoms with Crippen LogP contribution in [-0.4, -0.2) is 13.4 Å². The number of rotatable bonds is 5. The van der Waals surface area contributed by atoms with Gasteiger partial charge in [-0.05, 0) is 51.0 Å². The van der Waals surface area contributed by atoms with E-state index >= 15 is 0 Å². The summed E-state index contributed by atoms with van der Waals surface area (Å²) in [6.45, 7) is 8.01. The molecule has 0 amide bonds. The highest BCUT2D eigenvalue weighted by molar-refractivity contribution is 7.89. The number of nitrogens with one attached hydrogen (secondary N) is 2. The van der Waals surface area contributed by atoms with E-state index in [0.29, 0.717) is 0 Å². The van der Waals surface area contributed by atoms with E-state index in [2.05, 4.69) is 22.7 Å². The van der Waals surface area contributed by atoms with Crippen molar-refractivity contribution >= 4 is 20.9 Å². The lowest BCUT2D eigenvalue weighted by molar-refractivity contribution is 0.572. The normalized spacial score (nSPS) is 12.9. The number of aromatic amines is 1. The van der Waals surface area contributed by atoms with E-state index in [9.17, 15) is 8.42 Å². The molecule has 30 heavy (non-hydrogen) atoms. The maximum Gasteiger partial charge on any atom is 0.241 e. The van der Waals surface area contributed by atoms with Crippen LogP contribution in [0.3, 0.4) is 0 Å². The number of fused-ring (bicyclic) bond motifs is 1. The summed E-state index contributed by atoms with van der Waals surface area (Å²) in [5.74, 6) is 0. The van der Waals surface area contributed by atoms with Gasteiger partial charge >= 0.3 is 0 Å². The maximum atomic E-state index is 13.3. The van der Waals surface area contributed by atoms with Crippen molar-refractivity contribution in [1.82, 2.24) is 9.71 Å². The van der Waals surface area contributed by atoms with Crippen molar-refractivity contribution in [3.05, 3.63) is 100 Å². The Morgan fingerprint density at radius 2 is 1.53 bits per heavy atom. The van der Waals surface area contributed by atoms with Crippen molar-refractivity contribution in [2.45, 2.75) is 38.6 Å². The zero-order valence-electron chi connectivity index (χ0n) is 17.7. The molecular formula is C25H26N2O2S. The van der Waals surface area contributed by atoms with Gasteiger partial charge in [-0.1, -0.05) is 65.7 Å². The molecule has 1 heterocycles. The topological polar surface area (TPSA) is 62.0 Å². The molecule has 1 atom stereocenters. The minimum atomic E-state index is -3.72. The van der Waals surface area contributed by atoms with Gasteiger partial charge < -0.3 is 4.98 Å². The average molecular weight is 419 g/mol. The van der Waals surface area contributed by atoms with Crippen molar-refractivity contribution in [1.29, 1.82) is 0 Å². The van der Waals surface area contributed by atoms with Crippen LogP contribution < -0.4 is 4.72 Å². The lowest BCUT2D eigenvalue weighted by Crippen LogP contribution is -2.30. The van der Waals surface area contributed by atoms with Crippen molar-refractivity contribution in [3.63, 3.8) is 0 Å². The van der Waals surface area contributed by atoms with Gasteiger partial charge in [0.25, 0.3) is 0 Å². The third-order valence-electron chi connectivity index (χ3n) is 5.55. The van der Waals surface area contributed by atoms with Crippen LogP contribution in [-0.2, 0) is 10.0 Å². The predicted molar refractivity (Wildman–Crippen MR) is 122 cm³/mol. The number of aromatic nitrogens is 1. The van der Waals surface area contributed by atoms with Crippen molar-refractivity contribution in [2.24, 2.45) is 0 Å². The predicted octanol–water partition coefficient (Wildman–Crippen LogP) is 5.47. The van der Waals surface area contributed by atoms with E-state index in [0.717, 1.165) is 44.4 Å². The Hall–Kier alpha value is -2.89. The standard InChI is InChI=1S/C25H26N2O2S/c1-16-11-13-21(14-12-16)30(28,29)27-25(20-9-5-7-17(2)15-20)23-19(4)26-24-18(3)8-6-10-22(23)24/h5-15,25-27H,1-4H3. The molecule has 0 aliphatic rings. The average Bonchev–Trinajstić information content (AvgIpc) is 3.04. The van der Waals surface area contributed by atoms with Gasteiger partial charge in [-0.3, -0.25) is 0 Å². The first-order chi connectivity index (χ1) is 14.3. The Morgan fingerprint density at radius 1 is 0.833 bits per heavy atom. The van der Waals surface area contributed by atoms with Crippen LogP contribution in [0.5, 0.6) is 0 Å². The van der Waals surface area contributed by atoms with Crippen LogP contribution >= 0.6 is 0 Å². The molecule has 0 spiro atoms. The molecule has 1 unspecified atom stereocenters. The van der Waals surface area contributed by atoms with Crippen LogP contribution in [0.2, 0.25) is 0 Å². The van der Waals surface area contributed by atoms with Gasteiger partial charge in [-0.2, -0.15) is 4.72 Å². The summed E-state index contributed by atoms with van der Waals surface area (Å²) in [7, 11) is -3.72. The Kier molecular flexibility index (Phi) is 5.26. The van der Waals surface area contributed by atoms with Gasteiger partial charge in [0.15, 0.2) is 0 Å². The van der Waals surface area contributed by atoms with E-state index in [4.69, 9.17) is 0 Å². The molecule has 5 heteroatoms. The Bertz CT molecular complexity index is 1320. The van der Waals surface area contributed by atoms with Crippen LogP contribution in [0.1, 0.15) is 39.6 Å². The second-order valence-corrected chi connectivity index (χ2v) is 9.66. The number of hydrogen-bond acceptors (Lipinski definition) is 2. The van der Waals surface area contributed by atoms with E-state index in [-0.39, 0.29) is 4.90 Å². The molecule has 0 aliphatic carbocycles. The molecule has 0 radical (unpaired) electrons. The number of para-hydroxylation sites is 1. The Morgan fingerprint density at radius 3 is 2.23 bits per heavy atom. The number of benzene rings is 3. The Balaban J connectivity index is 1.90. The minimum absolute atomic E-state index is 0.263. The molecular weight excluding hydrogens is 392 g/mol. The van der Waals surface area contributed by atoms with Gasteiger partial charge in [-0.25, -0.2) is 8.42 Å². The summed E-state index contributed by atoms with van der Waals surface area (Å²) in [5.41, 5.74) is 7.10. The molecule has 0 fully saturated rings. The molecule has 0 saturated heterocycles. The lowest BCUT2D eigenvalue weighted by Gasteiger charge is -2.21. The number of aryl methyl sites for hydroxylation is 4. The number of sulfonamides is 1. The third-order valence-corrected chi connectivity index (χ3v) is 6.99. The third kappa shape index (κ3) is 3.78. The number of hydrogen-bond donors (Lipinski definition) is 2.